The number of sulfonamides is 1. The molecule has 7 heteroatoms. The molecular weight excluding hydrogens is 268 g/mol. The van der Waals surface area contributed by atoms with E-state index in [9.17, 15) is 13.2 Å². The highest BCUT2D eigenvalue weighted by Gasteiger charge is 2.22. The Morgan fingerprint density at radius 3 is 2.42 bits per heavy atom. The lowest BCUT2D eigenvalue weighted by Gasteiger charge is -2.12. The minimum Gasteiger partial charge on any atom is -0.480 e. The van der Waals surface area contributed by atoms with Gasteiger partial charge in [-0.2, -0.15) is 5.26 Å². The number of nitriles is 1. The molecule has 0 aliphatic rings. The maximum atomic E-state index is 11.8. The molecule has 0 aliphatic heterocycles. The van der Waals surface area contributed by atoms with Gasteiger partial charge in [0.15, 0.2) is 0 Å². The molecule has 19 heavy (non-hydrogen) atoms. The van der Waals surface area contributed by atoms with Crippen molar-refractivity contribution in [3.05, 3.63) is 35.4 Å². The Kier molecular flexibility index (Phi) is 5.03. The van der Waals surface area contributed by atoms with Gasteiger partial charge in [0.05, 0.1) is 17.4 Å². The molecular formula is C12H14N2O4S. The molecule has 0 unspecified atom stereocenters. The third-order valence-electron chi connectivity index (χ3n) is 2.47. The van der Waals surface area contributed by atoms with E-state index in [1.165, 1.54) is 24.3 Å². The highest BCUT2D eigenvalue weighted by Crippen LogP contribution is 2.08. The quantitative estimate of drug-likeness (QED) is 0.804. The molecule has 102 valence electrons. The molecule has 0 radical (unpaired) electrons. The lowest BCUT2D eigenvalue weighted by molar-refractivity contribution is -0.139. The molecule has 0 saturated carbocycles. The Balaban J connectivity index is 2.79. The van der Waals surface area contributed by atoms with E-state index in [0.29, 0.717) is 11.1 Å². The van der Waals surface area contributed by atoms with E-state index in [0.717, 1.165) is 0 Å². The molecule has 2 N–H and O–H groups in total. The molecule has 0 aliphatic carbocycles. The van der Waals surface area contributed by atoms with Crippen LogP contribution in [-0.2, 0) is 20.6 Å². The van der Waals surface area contributed by atoms with Crippen molar-refractivity contribution in [2.45, 2.75) is 25.1 Å². The first-order chi connectivity index (χ1) is 8.88. The number of hydrogen-bond acceptors (Lipinski definition) is 4. The molecule has 1 aromatic rings. The van der Waals surface area contributed by atoms with Crippen LogP contribution in [0.25, 0.3) is 0 Å². The van der Waals surface area contributed by atoms with E-state index in [1.54, 1.807) is 6.92 Å². The topological polar surface area (TPSA) is 107 Å². The SMILES string of the molecule is CC[C@H](NS(=O)(=O)Cc1ccc(C#N)cc1)C(=O)O. The molecule has 1 rings (SSSR count). The number of aliphatic carboxylic acids is 1. The first-order valence-electron chi connectivity index (χ1n) is 5.60. The second-order valence-corrected chi connectivity index (χ2v) is 5.74. The summed E-state index contributed by atoms with van der Waals surface area (Å²) in [6.45, 7) is 1.59. The van der Waals surface area contributed by atoms with Gasteiger partial charge in [0.1, 0.15) is 6.04 Å². The Labute approximate surface area is 111 Å². The number of benzene rings is 1. The monoisotopic (exact) mass is 282 g/mol. The number of nitrogens with one attached hydrogen (secondary N) is 1. The smallest absolute Gasteiger partial charge is 0.321 e. The van der Waals surface area contributed by atoms with Crippen LogP contribution >= 0.6 is 0 Å². The van der Waals surface area contributed by atoms with Crippen LogP contribution in [0.5, 0.6) is 0 Å². The largest absolute Gasteiger partial charge is 0.480 e. The molecule has 0 fully saturated rings. The first-order valence-corrected chi connectivity index (χ1v) is 7.25. The first kappa shape index (κ1) is 15.1. The lowest BCUT2D eigenvalue weighted by atomic mass is 10.2. The summed E-state index contributed by atoms with van der Waals surface area (Å²) >= 11 is 0. The Morgan fingerprint density at radius 1 is 1.42 bits per heavy atom. The summed E-state index contributed by atoms with van der Waals surface area (Å²) in [7, 11) is -3.72. The third kappa shape index (κ3) is 4.69. The van der Waals surface area contributed by atoms with Crippen molar-refractivity contribution < 1.29 is 18.3 Å². The summed E-state index contributed by atoms with van der Waals surface area (Å²) in [6, 6.07) is 6.89. The molecule has 0 aromatic heterocycles. The fourth-order valence-electron chi connectivity index (χ4n) is 1.46. The number of rotatable bonds is 6. The zero-order valence-corrected chi connectivity index (χ0v) is 11.1. The molecule has 1 atom stereocenters. The van der Waals surface area contributed by atoms with Gasteiger partial charge in [-0.1, -0.05) is 19.1 Å². The summed E-state index contributed by atoms with van der Waals surface area (Å²) < 4.78 is 25.7. The zero-order chi connectivity index (χ0) is 14.5. The van der Waals surface area contributed by atoms with Crippen LogP contribution in [0.15, 0.2) is 24.3 Å². The van der Waals surface area contributed by atoms with Crippen LogP contribution in [0.1, 0.15) is 24.5 Å². The van der Waals surface area contributed by atoms with Crippen molar-refractivity contribution in [1.82, 2.24) is 4.72 Å². The van der Waals surface area contributed by atoms with Gasteiger partial charge in [-0.3, -0.25) is 4.79 Å². The number of nitrogens with zero attached hydrogens (tertiary/aromatic N) is 1. The molecule has 0 heterocycles. The van der Waals surface area contributed by atoms with Crippen molar-refractivity contribution in [3.8, 4) is 6.07 Å². The minimum atomic E-state index is -3.72. The van der Waals surface area contributed by atoms with Crippen molar-refractivity contribution >= 4 is 16.0 Å². The van der Waals surface area contributed by atoms with Crippen molar-refractivity contribution in [3.63, 3.8) is 0 Å². The maximum Gasteiger partial charge on any atom is 0.321 e. The van der Waals surface area contributed by atoms with Crippen LogP contribution in [-0.4, -0.2) is 25.5 Å². The summed E-state index contributed by atoms with van der Waals surface area (Å²) in [4.78, 5) is 10.8. The van der Waals surface area contributed by atoms with Gasteiger partial charge in [-0.15, -0.1) is 0 Å². The standard InChI is InChI=1S/C12H14N2O4S/c1-2-11(12(15)16)14-19(17,18)8-10-5-3-9(7-13)4-6-10/h3-6,11,14H,2,8H2,1H3,(H,15,16)/t11-/m0/s1. The van der Waals surface area contributed by atoms with E-state index < -0.39 is 22.0 Å². The fourth-order valence-corrected chi connectivity index (χ4v) is 2.88. The minimum absolute atomic E-state index is 0.169. The van der Waals surface area contributed by atoms with Crippen molar-refractivity contribution in [2.24, 2.45) is 0 Å². The van der Waals surface area contributed by atoms with Gasteiger partial charge in [-0.05, 0) is 24.1 Å². The predicted octanol–water partition coefficient (Wildman–Crippen LogP) is 0.841. The Bertz CT molecular complexity index is 587. The summed E-state index contributed by atoms with van der Waals surface area (Å²) in [5, 5.41) is 17.4. The number of carboxylic acid groups (broad SMARTS) is 1. The molecule has 0 saturated heterocycles. The van der Waals surface area contributed by atoms with Gasteiger partial charge in [0, 0.05) is 0 Å². The van der Waals surface area contributed by atoms with Crippen molar-refractivity contribution in [1.29, 1.82) is 5.26 Å². The third-order valence-corrected chi connectivity index (χ3v) is 3.82. The highest BCUT2D eigenvalue weighted by molar-refractivity contribution is 7.88. The summed E-state index contributed by atoms with van der Waals surface area (Å²) in [5.41, 5.74) is 0.929. The zero-order valence-electron chi connectivity index (χ0n) is 10.3. The molecule has 0 spiro atoms. The van der Waals surface area contributed by atoms with Gasteiger partial charge in [0.25, 0.3) is 0 Å². The van der Waals surface area contributed by atoms with Crippen LogP contribution in [0, 0.1) is 11.3 Å². The van der Waals surface area contributed by atoms with E-state index >= 15 is 0 Å². The maximum absolute atomic E-state index is 11.8. The van der Waals surface area contributed by atoms with Crippen LogP contribution in [0.2, 0.25) is 0 Å². The van der Waals surface area contributed by atoms with Gasteiger partial charge in [-0.25, -0.2) is 13.1 Å². The number of carboxylic acids is 1. The van der Waals surface area contributed by atoms with Gasteiger partial charge in [0.2, 0.25) is 10.0 Å². The second-order valence-electron chi connectivity index (χ2n) is 3.98. The number of carbonyl (C=O) groups is 1. The van der Waals surface area contributed by atoms with Gasteiger partial charge >= 0.3 is 5.97 Å². The van der Waals surface area contributed by atoms with Crippen LogP contribution in [0.3, 0.4) is 0 Å². The fraction of sp³-hybridized carbons (Fsp3) is 0.333. The lowest BCUT2D eigenvalue weighted by Crippen LogP contribution is -2.40. The molecule has 1 aromatic carbocycles. The summed E-state index contributed by atoms with van der Waals surface area (Å²) in [6.07, 6.45) is 0.169. The normalized spacial score (nSPS) is 12.6. The van der Waals surface area contributed by atoms with E-state index in [-0.39, 0.29) is 12.2 Å². The Morgan fingerprint density at radius 2 is 2.00 bits per heavy atom. The van der Waals surface area contributed by atoms with E-state index in [4.69, 9.17) is 10.4 Å². The molecule has 6 nitrogen and oxygen atoms in total. The average molecular weight is 282 g/mol. The molecule has 0 amide bonds. The van der Waals surface area contributed by atoms with Crippen LogP contribution < -0.4 is 4.72 Å². The summed E-state index contributed by atoms with van der Waals surface area (Å²) in [5.74, 6) is -1.52. The second kappa shape index (κ2) is 6.31. The molecule has 0 bridgehead atoms. The Hall–Kier alpha value is -1.91. The number of hydrogen-bond donors (Lipinski definition) is 2. The van der Waals surface area contributed by atoms with Crippen LogP contribution in [0.4, 0.5) is 0 Å². The van der Waals surface area contributed by atoms with Gasteiger partial charge < -0.3 is 5.11 Å². The average Bonchev–Trinajstić information content (AvgIpc) is 2.36. The van der Waals surface area contributed by atoms with E-state index in [1.807, 2.05) is 6.07 Å². The van der Waals surface area contributed by atoms with Crippen molar-refractivity contribution in [2.75, 3.05) is 0 Å². The predicted molar refractivity (Wildman–Crippen MR) is 68.6 cm³/mol. The highest BCUT2D eigenvalue weighted by atomic mass is 32.2. The van der Waals surface area contributed by atoms with E-state index in [2.05, 4.69) is 4.72 Å².